The number of aromatic nitrogens is 2. The first-order valence-corrected chi connectivity index (χ1v) is 5.53. The minimum atomic E-state index is -0.210. The lowest BCUT2D eigenvalue weighted by atomic mass is 10.2. The van der Waals surface area contributed by atoms with E-state index in [1.807, 2.05) is 6.07 Å². The zero-order valence-electron chi connectivity index (χ0n) is 8.68. The maximum absolute atomic E-state index is 11.1. The molecule has 17 heavy (non-hydrogen) atoms. The highest BCUT2D eigenvalue weighted by atomic mass is 32.2. The van der Waals surface area contributed by atoms with Gasteiger partial charge in [0, 0.05) is 22.8 Å². The van der Waals surface area contributed by atoms with Gasteiger partial charge in [0.2, 0.25) is 0 Å². The van der Waals surface area contributed by atoms with Crippen molar-refractivity contribution in [1.82, 2.24) is 9.97 Å². The van der Waals surface area contributed by atoms with Crippen LogP contribution in [0.2, 0.25) is 0 Å². The lowest BCUT2D eigenvalue weighted by Crippen LogP contribution is -2.04. The molecule has 1 aromatic carbocycles. The molecule has 2 aromatic rings. The maximum atomic E-state index is 11.1. The number of nitrogens with one attached hydrogen (secondary N) is 1. The molecule has 6 heteroatoms. The molecular weight excluding hydrogens is 236 g/mol. The second-order valence-corrected chi connectivity index (χ2v) is 4.26. The van der Waals surface area contributed by atoms with Crippen molar-refractivity contribution in [3.05, 3.63) is 46.4 Å². The van der Waals surface area contributed by atoms with E-state index in [1.165, 1.54) is 24.0 Å². The van der Waals surface area contributed by atoms with Gasteiger partial charge in [-0.15, -0.1) is 0 Å². The molecule has 0 aliphatic carbocycles. The third-order valence-corrected chi connectivity index (χ3v) is 2.90. The average molecular weight is 244 g/mol. The van der Waals surface area contributed by atoms with Crippen LogP contribution in [0.15, 0.2) is 45.3 Å². The second-order valence-electron chi connectivity index (χ2n) is 3.20. The van der Waals surface area contributed by atoms with Gasteiger partial charge in [-0.1, -0.05) is 11.8 Å². The Labute approximate surface area is 101 Å². The third kappa shape index (κ3) is 2.65. The molecule has 0 saturated carbocycles. The Kier molecular flexibility index (Phi) is 3.12. The van der Waals surface area contributed by atoms with E-state index < -0.39 is 0 Å². The number of anilines is 1. The van der Waals surface area contributed by atoms with Crippen molar-refractivity contribution >= 4 is 17.4 Å². The van der Waals surface area contributed by atoms with E-state index in [-0.39, 0.29) is 5.56 Å². The van der Waals surface area contributed by atoms with Gasteiger partial charge in [-0.2, -0.15) is 5.26 Å². The molecule has 5 nitrogen and oxygen atoms in total. The first kappa shape index (κ1) is 11.2. The molecule has 0 aliphatic rings. The van der Waals surface area contributed by atoms with Gasteiger partial charge in [0.1, 0.15) is 6.07 Å². The zero-order valence-corrected chi connectivity index (χ0v) is 9.49. The van der Waals surface area contributed by atoms with E-state index in [0.717, 1.165) is 4.90 Å². The number of nitrogens with zero attached hydrogens (tertiary/aromatic N) is 2. The standard InChI is InChI=1S/C11H8N4OS/c12-6-7-5-8(1-2-9(7)13)17-11-14-4-3-10(16)15-11/h1-5H,13H2,(H,14,15,16). The molecule has 3 N–H and O–H groups in total. The van der Waals surface area contributed by atoms with Crippen LogP contribution in [0.1, 0.15) is 5.56 Å². The summed E-state index contributed by atoms with van der Waals surface area (Å²) in [4.78, 5) is 18.5. The smallest absolute Gasteiger partial charge is 0.251 e. The highest BCUT2D eigenvalue weighted by molar-refractivity contribution is 7.99. The molecule has 0 fully saturated rings. The maximum Gasteiger partial charge on any atom is 0.251 e. The van der Waals surface area contributed by atoms with Crippen LogP contribution in [0.3, 0.4) is 0 Å². The normalized spacial score (nSPS) is 9.82. The molecule has 0 spiro atoms. The molecule has 2 rings (SSSR count). The number of aromatic amines is 1. The number of rotatable bonds is 2. The number of hydrogen-bond acceptors (Lipinski definition) is 5. The first-order chi connectivity index (χ1) is 8.19. The predicted octanol–water partition coefficient (Wildman–Crippen LogP) is 1.37. The van der Waals surface area contributed by atoms with Gasteiger partial charge in [-0.3, -0.25) is 4.79 Å². The Morgan fingerprint density at radius 2 is 2.24 bits per heavy atom. The second kappa shape index (κ2) is 4.72. The summed E-state index contributed by atoms with van der Waals surface area (Å²) in [7, 11) is 0. The van der Waals surface area contributed by atoms with Gasteiger partial charge in [0.15, 0.2) is 5.16 Å². The Morgan fingerprint density at radius 1 is 1.41 bits per heavy atom. The van der Waals surface area contributed by atoms with Gasteiger partial charge in [-0.25, -0.2) is 4.98 Å². The minimum Gasteiger partial charge on any atom is -0.398 e. The molecule has 1 aromatic heterocycles. The van der Waals surface area contributed by atoms with E-state index in [1.54, 1.807) is 18.2 Å². The molecule has 0 amide bonds. The van der Waals surface area contributed by atoms with E-state index in [9.17, 15) is 4.79 Å². The van der Waals surface area contributed by atoms with Crippen molar-refractivity contribution in [3.8, 4) is 6.07 Å². The summed E-state index contributed by atoms with van der Waals surface area (Å²) in [6, 6.07) is 8.43. The van der Waals surface area contributed by atoms with Crippen LogP contribution in [0.25, 0.3) is 0 Å². The summed E-state index contributed by atoms with van der Waals surface area (Å²) < 4.78 is 0. The molecule has 0 saturated heterocycles. The monoisotopic (exact) mass is 244 g/mol. The van der Waals surface area contributed by atoms with Gasteiger partial charge in [0.05, 0.1) is 5.56 Å². The fraction of sp³-hybridized carbons (Fsp3) is 0. The van der Waals surface area contributed by atoms with Gasteiger partial charge >= 0.3 is 0 Å². The van der Waals surface area contributed by atoms with E-state index in [2.05, 4.69) is 9.97 Å². The third-order valence-electron chi connectivity index (χ3n) is 2.01. The Bertz CT molecular complexity index is 644. The molecule has 0 unspecified atom stereocenters. The van der Waals surface area contributed by atoms with E-state index in [4.69, 9.17) is 11.0 Å². The zero-order chi connectivity index (χ0) is 12.3. The van der Waals surface area contributed by atoms with Gasteiger partial charge in [0.25, 0.3) is 5.56 Å². The van der Waals surface area contributed by atoms with Crippen LogP contribution >= 0.6 is 11.8 Å². The number of benzene rings is 1. The molecule has 0 aliphatic heterocycles. The summed E-state index contributed by atoms with van der Waals surface area (Å²) in [6.45, 7) is 0. The van der Waals surface area contributed by atoms with Crippen molar-refractivity contribution < 1.29 is 0 Å². The van der Waals surface area contributed by atoms with Crippen LogP contribution in [0, 0.1) is 11.3 Å². The topological polar surface area (TPSA) is 95.6 Å². The SMILES string of the molecule is N#Cc1cc(Sc2nccc(=O)[nH]2)ccc1N. The molecule has 84 valence electrons. The molecule has 0 bridgehead atoms. The highest BCUT2D eigenvalue weighted by Gasteiger charge is 2.03. The summed E-state index contributed by atoms with van der Waals surface area (Å²) >= 11 is 1.27. The van der Waals surface area contributed by atoms with Crippen molar-refractivity contribution in [2.24, 2.45) is 0 Å². The van der Waals surface area contributed by atoms with E-state index in [0.29, 0.717) is 16.4 Å². The fourth-order valence-electron chi connectivity index (χ4n) is 1.21. The lowest BCUT2D eigenvalue weighted by Gasteiger charge is -2.02. The van der Waals surface area contributed by atoms with Crippen LogP contribution in [0.5, 0.6) is 0 Å². The molecule has 0 radical (unpaired) electrons. The number of nitriles is 1. The average Bonchev–Trinajstić information content (AvgIpc) is 2.32. The van der Waals surface area contributed by atoms with Crippen molar-refractivity contribution in [1.29, 1.82) is 5.26 Å². The Morgan fingerprint density at radius 3 is 2.94 bits per heavy atom. The quantitative estimate of drug-likeness (QED) is 0.614. The fourth-order valence-corrected chi connectivity index (χ4v) is 2.01. The van der Waals surface area contributed by atoms with Crippen LogP contribution in [0.4, 0.5) is 5.69 Å². The van der Waals surface area contributed by atoms with Crippen LogP contribution in [-0.4, -0.2) is 9.97 Å². The summed E-state index contributed by atoms with van der Waals surface area (Å²) in [5.74, 6) is 0. The van der Waals surface area contributed by atoms with Crippen molar-refractivity contribution in [2.75, 3.05) is 5.73 Å². The van der Waals surface area contributed by atoms with E-state index >= 15 is 0 Å². The van der Waals surface area contributed by atoms with Crippen molar-refractivity contribution in [2.45, 2.75) is 10.1 Å². The van der Waals surface area contributed by atoms with Gasteiger partial charge < -0.3 is 10.7 Å². The Balaban J connectivity index is 2.31. The molecule has 1 heterocycles. The number of hydrogen-bond donors (Lipinski definition) is 2. The Hall–Kier alpha value is -2.26. The lowest BCUT2D eigenvalue weighted by molar-refractivity contribution is 0.936. The number of nitrogens with two attached hydrogens (primary N) is 1. The molecule has 0 atom stereocenters. The van der Waals surface area contributed by atoms with Crippen LogP contribution in [-0.2, 0) is 0 Å². The van der Waals surface area contributed by atoms with Crippen LogP contribution < -0.4 is 11.3 Å². The molecular formula is C11H8N4OS. The summed E-state index contributed by atoms with van der Waals surface area (Å²) in [5, 5.41) is 9.32. The minimum absolute atomic E-state index is 0.210. The highest BCUT2D eigenvalue weighted by Crippen LogP contribution is 2.26. The predicted molar refractivity (Wildman–Crippen MR) is 64.6 cm³/mol. The number of H-pyrrole nitrogens is 1. The largest absolute Gasteiger partial charge is 0.398 e. The van der Waals surface area contributed by atoms with Crippen molar-refractivity contribution in [3.63, 3.8) is 0 Å². The first-order valence-electron chi connectivity index (χ1n) is 4.72. The summed E-state index contributed by atoms with van der Waals surface area (Å²) in [6.07, 6.45) is 1.43. The summed E-state index contributed by atoms with van der Waals surface area (Å²) in [5.41, 5.74) is 6.25. The van der Waals surface area contributed by atoms with Gasteiger partial charge in [-0.05, 0) is 18.2 Å². The number of nitrogen functional groups attached to an aromatic ring is 1.